The Morgan fingerprint density at radius 1 is 1.45 bits per heavy atom. The van der Waals surface area contributed by atoms with E-state index in [9.17, 15) is 4.79 Å². The van der Waals surface area contributed by atoms with Crippen molar-refractivity contribution in [2.75, 3.05) is 11.1 Å². The summed E-state index contributed by atoms with van der Waals surface area (Å²) >= 11 is 10.7. The highest BCUT2D eigenvalue weighted by molar-refractivity contribution is 9.10. The molecule has 1 aromatic heterocycles. The van der Waals surface area contributed by atoms with Gasteiger partial charge >= 0.3 is 0 Å². The lowest BCUT2D eigenvalue weighted by Crippen LogP contribution is -2.14. The van der Waals surface area contributed by atoms with Crippen molar-refractivity contribution in [3.63, 3.8) is 0 Å². The Bertz CT molecular complexity index is 636. The van der Waals surface area contributed by atoms with Gasteiger partial charge in [0.1, 0.15) is 5.03 Å². The quantitative estimate of drug-likeness (QED) is 0.802. The third-order valence-corrected chi connectivity index (χ3v) is 4.54. The van der Waals surface area contributed by atoms with Gasteiger partial charge in [0.05, 0.1) is 16.5 Å². The second-order valence-electron chi connectivity index (χ2n) is 4.11. The number of aryl methyl sites for hydroxylation is 1. The lowest BCUT2D eigenvalue weighted by atomic mass is 10.2. The molecular weight excluding hydrogens is 360 g/mol. The summed E-state index contributed by atoms with van der Waals surface area (Å²) in [5.74, 6) is 0.165. The van der Waals surface area contributed by atoms with Crippen LogP contribution >= 0.6 is 39.3 Å². The van der Waals surface area contributed by atoms with Crippen LogP contribution in [0.15, 0.2) is 46.0 Å². The molecule has 0 bridgehead atoms. The fraction of sp³-hybridized carbons (Fsp3) is 0.143. The number of thioether (sulfide) groups is 1. The van der Waals surface area contributed by atoms with Crippen LogP contribution in [0.25, 0.3) is 0 Å². The van der Waals surface area contributed by atoms with Crippen molar-refractivity contribution in [1.29, 1.82) is 0 Å². The maximum Gasteiger partial charge on any atom is 0.234 e. The second kappa shape index (κ2) is 7.11. The fourth-order valence-corrected chi connectivity index (χ4v) is 3.08. The van der Waals surface area contributed by atoms with Crippen molar-refractivity contribution >= 4 is 50.9 Å². The molecule has 0 aliphatic rings. The summed E-state index contributed by atoms with van der Waals surface area (Å²) in [5.41, 5.74) is 1.89. The zero-order valence-electron chi connectivity index (χ0n) is 10.7. The molecule has 3 nitrogen and oxygen atoms in total. The molecule has 1 aromatic carbocycles. The van der Waals surface area contributed by atoms with Crippen LogP contribution in [0.2, 0.25) is 5.02 Å². The van der Waals surface area contributed by atoms with E-state index in [-0.39, 0.29) is 11.7 Å². The third-order valence-electron chi connectivity index (χ3n) is 2.46. The molecule has 0 fully saturated rings. The normalized spacial score (nSPS) is 10.3. The van der Waals surface area contributed by atoms with Crippen molar-refractivity contribution in [3.8, 4) is 0 Å². The lowest BCUT2D eigenvalue weighted by Gasteiger charge is -2.08. The molecule has 0 unspecified atom stereocenters. The van der Waals surface area contributed by atoms with Gasteiger partial charge in [0.25, 0.3) is 0 Å². The summed E-state index contributed by atoms with van der Waals surface area (Å²) in [7, 11) is 0. The van der Waals surface area contributed by atoms with Gasteiger partial charge < -0.3 is 5.32 Å². The summed E-state index contributed by atoms with van der Waals surface area (Å²) in [6, 6.07) is 9.29. The number of rotatable bonds is 4. The van der Waals surface area contributed by atoms with E-state index in [4.69, 9.17) is 11.6 Å². The van der Waals surface area contributed by atoms with Gasteiger partial charge in [0.15, 0.2) is 0 Å². The molecule has 1 amide bonds. The van der Waals surface area contributed by atoms with Crippen LogP contribution in [0.1, 0.15) is 5.56 Å². The van der Waals surface area contributed by atoms with E-state index in [0.29, 0.717) is 10.0 Å². The Morgan fingerprint density at radius 3 is 2.95 bits per heavy atom. The standard InChI is InChI=1S/C14H12BrClN2OS/c1-9-4-5-12(10(15)7-9)18-13(19)8-20-14-11(16)3-2-6-17-14/h2-7H,8H2,1H3,(H,18,19). The van der Waals surface area contributed by atoms with Gasteiger partial charge in [-0.25, -0.2) is 4.98 Å². The molecule has 2 rings (SSSR count). The van der Waals surface area contributed by atoms with Gasteiger partial charge in [-0.15, -0.1) is 0 Å². The maximum atomic E-state index is 11.9. The molecule has 0 saturated heterocycles. The number of hydrogen-bond donors (Lipinski definition) is 1. The van der Waals surface area contributed by atoms with Gasteiger partial charge in [-0.1, -0.05) is 29.4 Å². The first kappa shape index (κ1) is 15.4. The van der Waals surface area contributed by atoms with Crippen LogP contribution in [0.5, 0.6) is 0 Å². The van der Waals surface area contributed by atoms with Gasteiger partial charge in [0.2, 0.25) is 5.91 Å². The van der Waals surface area contributed by atoms with E-state index in [1.165, 1.54) is 11.8 Å². The zero-order valence-corrected chi connectivity index (χ0v) is 13.8. The SMILES string of the molecule is Cc1ccc(NC(=O)CSc2ncccc2Cl)c(Br)c1. The molecule has 104 valence electrons. The molecule has 20 heavy (non-hydrogen) atoms. The number of pyridine rings is 1. The van der Waals surface area contributed by atoms with E-state index >= 15 is 0 Å². The molecule has 2 aromatic rings. The number of aromatic nitrogens is 1. The van der Waals surface area contributed by atoms with Crippen LogP contribution in [0.4, 0.5) is 5.69 Å². The first-order valence-electron chi connectivity index (χ1n) is 5.85. The lowest BCUT2D eigenvalue weighted by molar-refractivity contribution is -0.113. The number of halogens is 2. The first-order chi connectivity index (χ1) is 9.56. The molecule has 6 heteroatoms. The van der Waals surface area contributed by atoms with E-state index in [0.717, 1.165) is 15.7 Å². The predicted molar refractivity (Wildman–Crippen MR) is 87.5 cm³/mol. The molecular formula is C14H12BrClN2OS. The molecule has 0 radical (unpaired) electrons. The number of benzene rings is 1. The van der Waals surface area contributed by atoms with Crippen molar-refractivity contribution in [2.24, 2.45) is 0 Å². The van der Waals surface area contributed by atoms with Gasteiger partial charge in [0, 0.05) is 10.7 Å². The summed E-state index contributed by atoms with van der Waals surface area (Å²) in [4.78, 5) is 16.0. The highest BCUT2D eigenvalue weighted by Crippen LogP contribution is 2.26. The highest BCUT2D eigenvalue weighted by atomic mass is 79.9. The van der Waals surface area contributed by atoms with E-state index in [1.54, 1.807) is 18.3 Å². The summed E-state index contributed by atoms with van der Waals surface area (Å²) in [6.45, 7) is 2.00. The average Bonchev–Trinajstić information content (AvgIpc) is 2.41. The monoisotopic (exact) mass is 370 g/mol. The number of anilines is 1. The van der Waals surface area contributed by atoms with Crippen LogP contribution in [0.3, 0.4) is 0 Å². The van der Waals surface area contributed by atoms with E-state index in [1.807, 2.05) is 25.1 Å². The predicted octanol–water partition coefficient (Wildman–Crippen LogP) is 4.54. The maximum absolute atomic E-state index is 11.9. The van der Waals surface area contributed by atoms with Gasteiger partial charge in [-0.3, -0.25) is 4.79 Å². The Kier molecular flexibility index (Phi) is 5.46. The van der Waals surface area contributed by atoms with Crippen LogP contribution < -0.4 is 5.32 Å². The molecule has 1 heterocycles. The molecule has 1 N–H and O–H groups in total. The van der Waals surface area contributed by atoms with Crippen molar-refractivity contribution in [3.05, 3.63) is 51.6 Å². The summed E-state index contributed by atoms with van der Waals surface area (Å²) in [6.07, 6.45) is 1.66. The topological polar surface area (TPSA) is 42.0 Å². The number of carbonyl (C=O) groups is 1. The number of nitrogens with one attached hydrogen (secondary N) is 1. The van der Waals surface area contributed by atoms with Crippen LogP contribution in [-0.2, 0) is 4.79 Å². The minimum Gasteiger partial charge on any atom is -0.324 e. The second-order valence-corrected chi connectivity index (χ2v) is 6.34. The molecule has 0 spiro atoms. The minimum absolute atomic E-state index is 0.0960. The molecule has 0 atom stereocenters. The number of amides is 1. The average molecular weight is 372 g/mol. The number of carbonyl (C=O) groups excluding carboxylic acids is 1. The van der Waals surface area contributed by atoms with Crippen LogP contribution in [0, 0.1) is 6.92 Å². The van der Waals surface area contributed by atoms with E-state index in [2.05, 4.69) is 26.2 Å². The first-order valence-corrected chi connectivity index (χ1v) is 8.01. The molecule has 0 aliphatic carbocycles. The third kappa shape index (κ3) is 4.23. The molecule has 0 aliphatic heterocycles. The van der Waals surface area contributed by atoms with E-state index < -0.39 is 0 Å². The fourth-order valence-electron chi connectivity index (χ4n) is 1.52. The number of hydrogen-bond acceptors (Lipinski definition) is 3. The zero-order chi connectivity index (χ0) is 14.5. The largest absolute Gasteiger partial charge is 0.324 e. The Labute approximate surface area is 135 Å². The summed E-state index contributed by atoms with van der Waals surface area (Å²) < 4.78 is 0.867. The summed E-state index contributed by atoms with van der Waals surface area (Å²) in [5, 5.41) is 4.07. The Hall–Kier alpha value is -1.04. The van der Waals surface area contributed by atoms with Crippen molar-refractivity contribution < 1.29 is 4.79 Å². The van der Waals surface area contributed by atoms with Crippen molar-refractivity contribution in [2.45, 2.75) is 11.9 Å². The smallest absolute Gasteiger partial charge is 0.234 e. The van der Waals surface area contributed by atoms with Gasteiger partial charge in [-0.2, -0.15) is 0 Å². The van der Waals surface area contributed by atoms with Crippen LogP contribution in [-0.4, -0.2) is 16.6 Å². The minimum atomic E-state index is -0.0960. The Morgan fingerprint density at radius 2 is 2.25 bits per heavy atom. The van der Waals surface area contributed by atoms with Crippen molar-refractivity contribution in [1.82, 2.24) is 4.98 Å². The highest BCUT2D eigenvalue weighted by Gasteiger charge is 2.08. The molecule has 0 saturated carbocycles. The van der Waals surface area contributed by atoms with Gasteiger partial charge in [-0.05, 0) is 52.7 Å². The number of nitrogens with zero attached hydrogens (tertiary/aromatic N) is 1. The Balaban J connectivity index is 1.94.